The lowest BCUT2D eigenvalue weighted by Crippen LogP contribution is -1.95. The molecule has 2 aromatic rings. The zero-order valence-corrected chi connectivity index (χ0v) is 10.5. The molecule has 2 rings (SSSR count). The van der Waals surface area contributed by atoms with Crippen molar-refractivity contribution in [3.05, 3.63) is 68.3 Å². The third-order valence-corrected chi connectivity index (χ3v) is 2.59. The van der Waals surface area contributed by atoms with E-state index in [0.29, 0.717) is 6.29 Å². The molecule has 0 aromatic heterocycles. The number of nitro groups is 2. The molecule has 0 N–H and O–H groups in total. The standard InChI is InChI=1S/C13H8N2O6/c16-8-9-1-6-13(12(7-9)15(19)20)21-11-4-2-10(3-5-11)14(17)18/h1-8H. The number of hydrogen-bond acceptors (Lipinski definition) is 6. The van der Waals surface area contributed by atoms with E-state index in [1.807, 2.05) is 0 Å². The highest BCUT2D eigenvalue weighted by Crippen LogP contribution is 2.32. The predicted molar refractivity (Wildman–Crippen MR) is 71.7 cm³/mol. The number of nitrogens with zero attached hydrogens (tertiary/aromatic N) is 2. The van der Waals surface area contributed by atoms with Gasteiger partial charge in [-0.3, -0.25) is 25.0 Å². The third-order valence-electron chi connectivity index (χ3n) is 2.59. The van der Waals surface area contributed by atoms with Crippen molar-refractivity contribution in [2.45, 2.75) is 0 Å². The van der Waals surface area contributed by atoms with Crippen LogP contribution in [-0.2, 0) is 0 Å². The molecule has 0 bridgehead atoms. The summed E-state index contributed by atoms with van der Waals surface area (Å²) in [4.78, 5) is 30.9. The molecule has 21 heavy (non-hydrogen) atoms. The van der Waals surface area contributed by atoms with Crippen LogP contribution >= 0.6 is 0 Å². The number of rotatable bonds is 5. The monoisotopic (exact) mass is 288 g/mol. The van der Waals surface area contributed by atoms with Crippen molar-refractivity contribution in [2.75, 3.05) is 0 Å². The Hall–Kier alpha value is -3.29. The van der Waals surface area contributed by atoms with E-state index in [1.54, 1.807) is 0 Å². The average molecular weight is 288 g/mol. The molecular weight excluding hydrogens is 280 g/mol. The molecule has 0 fully saturated rings. The van der Waals surface area contributed by atoms with Crippen molar-refractivity contribution >= 4 is 17.7 Å². The highest BCUT2D eigenvalue weighted by Gasteiger charge is 2.17. The molecule has 0 radical (unpaired) electrons. The first kappa shape index (κ1) is 14.1. The first-order chi connectivity index (χ1) is 10.0. The Morgan fingerprint density at radius 1 is 0.952 bits per heavy atom. The van der Waals surface area contributed by atoms with Crippen molar-refractivity contribution < 1.29 is 19.4 Å². The van der Waals surface area contributed by atoms with Crippen LogP contribution in [0.25, 0.3) is 0 Å². The van der Waals surface area contributed by atoms with Gasteiger partial charge in [0.2, 0.25) is 5.75 Å². The Morgan fingerprint density at radius 2 is 1.62 bits per heavy atom. The second-order valence-corrected chi connectivity index (χ2v) is 3.96. The second kappa shape index (κ2) is 5.78. The van der Waals surface area contributed by atoms with Crippen molar-refractivity contribution in [3.8, 4) is 11.5 Å². The number of benzene rings is 2. The molecule has 8 nitrogen and oxygen atoms in total. The van der Waals surface area contributed by atoms with Gasteiger partial charge in [0.05, 0.1) is 9.85 Å². The van der Waals surface area contributed by atoms with Gasteiger partial charge in [-0.05, 0) is 24.3 Å². The zero-order valence-electron chi connectivity index (χ0n) is 10.5. The van der Waals surface area contributed by atoms with E-state index in [-0.39, 0.29) is 28.4 Å². The van der Waals surface area contributed by atoms with Crippen LogP contribution < -0.4 is 4.74 Å². The molecule has 8 heteroatoms. The molecule has 0 spiro atoms. The van der Waals surface area contributed by atoms with E-state index >= 15 is 0 Å². The van der Waals surface area contributed by atoms with Gasteiger partial charge in [-0.1, -0.05) is 0 Å². The van der Waals surface area contributed by atoms with Crippen LogP contribution in [0.3, 0.4) is 0 Å². The Balaban J connectivity index is 2.32. The third kappa shape index (κ3) is 3.18. The van der Waals surface area contributed by atoms with Gasteiger partial charge < -0.3 is 4.74 Å². The minimum absolute atomic E-state index is 0.0561. The Kier molecular flexibility index (Phi) is 3.89. The summed E-state index contributed by atoms with van der Waals surface area (Å²) in [5, 5.41) is 21.5. The zero-order chi connectivity index (χ0) is 15.4. The second-order valence-electron chi connectivity index (χ2n) is 3.96. The molecule has 0 atom stereocenters. The van der Waals surface area contributed by atoms with Gasteiger partial charge in [0, 0.05) is 23.8 Å². The number of carbonyl (C=O) groups excluding carboxylic acids is 1. The summed E-state index contributed by atoms with van der Waals surface area (Å²) in [5.74, 6) is 0.155. The summed E-state index contributed by atoms with van der Waals surface area (Å²) < 4.78 is 5.32. The van der Waals surface area contributed by atoms with Gasteiger partial charge in [0.15, 0.2) is 0 Å². The molecule has 0 aliphatic heterocycles. The van der Waals surface area contributed by atoms with Crippen LogP contribution in [0.2, 0.25) is 0 Å². The number of ether oxygens (including phenoxy) is 1. The summed E-state index contributed by atoms with van der Waals surface area (Å²) in [6, 6.07) is 8.87. The smallest absolute Gasteiger partial charge is 0.312 e. The molecule has 2 aromatic carbocycles. The molecule has 0 unspecified atom stereocenters. The molecule has 0 aliphatic rings. The van der Waals surface area contributed by atoms with Gasteiger partial charge in [-0.2, -0.15) is 0 Å². The lowest BCUT2D eigenvalue weighted by molar-refractivity contribution is -0.385. The summed E-state index contributed by atoms with van der Waals surface area (Å²) in [7, 11) is 0. The van der Waals surface area contributed by atoms with Gasteiger partial charge in [0.25, 0.3) is 5.69 Å². The number of aldehydes is 1. The summed E-state index contributed by atoms with van der Waals surface area (Å²) in [5.41, 5.74) is -0.330. The molecule has 0 saturated carbocycles. The van der Waals surface area contributed by atoms with E-state index in [4.69, 9.17) is 4.74 Å². The average Bonchev–Trinajstić information content (AvgIpc) is 2.48. The van der Waals surface area contributed by atoms with Crippen LogP contribution in [0.1, 0.15) is 10.4 Å². The van der Waals surface area contributed by atoms with Crippen LogP contribution in [0.4, 0.5) is 11.4 Å². The highest BCUT2D eigenvalue weighted by atomic mass is 16.6. The fourth-order valence-electron chi connectivity index (χ4n) is 1.60. The van der Waals surface area contributed by atoms with Gasteiger partial charge >= 0.3 is 5.69 Å². The Bertz CT molecular complexity index is 711. The summed E-state index contributed by atoms with van der Waals surface area (Å²) in [6.45, 7) is 0. The molecule has 0 aliphatic carbocycles. The van der Waals surface area contributed by atoms with E-state index in [9.17, 15) is 25.0 Å². The minimum atomic E-state index is -0.673. The Morgan fingerprint density at radius 3 is 2.14 bits per heavy atom. The van der Waals surface area contributed by atoms with E-state index in [2.05, 4.69) is 0 Å². The SMILES string of the molecule is O=Cc1ccc(Oc2ccc([N+](=O)[O-])cc2)c([N+](=O)[O-])c1. The highest BCUT2D eigenvalue weighted by molar-refractivity contribution is 5.77. The van der Waals surface area contributed by atoms with Crippen molar-refractivity contribution in [3.63, 3.8) is 0 Å². The van der Waals surface area contributed by atoms with Crippen molar-refractivity contribution in [2.24, 2.45) is 0 Å². The number of hydrogen-bond donors (Lipinski definition) is 0. The fourth-order valence-corrected chi connectivity index (χ4v) is 1.60. The maximum Gasteiger partial charge on any atom is 0.312 e. The normalized spacial score (nSPS) is 9.90. The van der Waals surface area contributed by atoms with Gasteiger partial charge in [-0.25, -0.2) is 0 Å². The first-order valence-electron chi connectivity index (χ1n) is 5.67. The van der Waals surface area contributed by atoms with Crippen LogP contribution in [0.15, 0.2) is 42.5 Å². The largest absolute Gasteiger partial charge is 0.450 e. The molecule has 0 amide bonds. The maximum atomic E-state index is 10.9. The van der Waals surface area contributed by atoms with E-state index in [0.717, 1.165) is 6.07 Å². The quantitative estimate of drug-likeness (QED) is 0.474. The Labute approximate surface area is 117 Å². The first-order valence-corrected chi connectivity index (χ1v) is 5.67. The summed E-state index contributed by atoms with van der Waals surface area (Å²) in [6.07, 6.45) is 0.489. The topological polar surface area (TPSA) is 113 Å². The molecule has 106 valence electrons. The molecular formula is C13H8N2O6. The minimum Gasteiger partial charge on any atom is -0.450 e. The lowest BCUT2D eigenvalue weighted by atomic mass is 10.2. The molecule has 0 saturated heterocycles. The van der Waals surface area contributed by atoms with Gasteiger partial charge in [-0.15, -0.1) is 0 Å². The number of nitro benzene ring substituents is 2. The fraction of sp³-hybridized carbons (Fsp3) is 0. The number of non-ortho nitro benzene ring substituents is 1. The van der Waals surface area contributed by atoms with Crippen LogP contribution in [0.5, 0.6) is 11.5 Å². The van der Waals surface area contributed by atoms with E-state index in [1.165, 1.54) is 36.4 Å². The lowest BCUT2D eigenvalue weighted by Gasteiger charge is -2.06. The van der Waals surface area contributed by atoms with Crippen molar-refractivity contribution in [1.29, 1.82) is 0 Å². The predicted octanol–water partition coefficient (Wildman–Crippen LogP) is 3.11. The van der Waals surface area contributed by atoms with Crippen LogP contribution in [0, 0.1) is 20.2 Å². The van der Waals surface area contributed by atoms with Crippen molar-refractivity contribution in [1.82, 2.24) is 0 Å². The van der Waals surface area contributed by atoms with Crippen LogP contribution in [-0.4, -0.2) is 16.1 Å². The molecule has 0 heterocycles. The summed E-state index contributed by atoms with van der Waals surface area (Å²) >= 11 is 0. The number of carbonyl (C=O) groups is 1. The maximum absolute atomic E-state index is 10.9. The van der Waals surface area contributed by atoms with E-state index < -0.39 is 9.85 Å². The van der Waals surface area contributed by atoms with Gasteiger partial charge in [0.1, 0.15) is 12.0 Å².